The van der Waals surface area contributed by atoms with Gasteiger partial charge in [0.05, 0.1) is 11.4 Å². The fraction of sp³-hybridized carbons (Fsp3) is 0.176. The van der Waals surface area contributed by atoms with Crippen LogP contribution in [0.25, 0.3) is 11.3 Å². The predicted molar refractivity (Wildman–Crippen MR) is 92.4 cm³/mol. The zero-order valence-corrected chi connectivity index (χ0v) is 14.7. The van der Waals surface area contributed by atoms with E-state index in [9.17, 15) is 14.0 Å². The van der Waals surface area contributed by atoms with E-state index in [1.54, 1.807) is 31.4 Å². The molecule has 0 saturated heterocycles. The fourth-order valence-electron chi connectivity index (χ4n) is 2.22. The van der Waals surface area contributed by atoms with E-state index in [4.69, 9.17) is 9.26 Å². The summed E-state index contributed by atoms with van der Waals surface area (Å²) in [4.78, 5) is 28.2. The summed E-state index contributed by atoms with van der Waals surface area (Å²) in [6, 6.07) is 5.87. The van der Waals surface area contributed by atoms with E-state index in [1.807, 2.05) is 0 Å². The summed E-state index contributed by atoms with van der Waals surface area (Å²) in [5, 5.41) is 8.30. The van der Waals surface area contributed by atoms with E-state index in [-0.39, 0.29) is 11.4 Å². The van der Waals surface area contributed by atoms with Gasteiger partial charge < -0.3 is 9.26 Å². The number of thiazole rings is 1. The maximum Gasteiger partial charge on any atom is 0.344 e. The molecule has 3 rings (SSSR count). The molecule has 2 aromatic heterocycles. The highest BCUT2D eigenvalue weighted by Crippen LogP contribution is 2.25. The number of esters is 1. The summed E-state index contributed by atoms with van der Waals surface area (Å²) < 4.78 is 22.8. The van der Waals surface area contributed by atoms with Crippen molar-refractivity contribution >= 4 is 28.3 Å². The Morgan fingerprint density at radius 3 is 2.65 bits per heavy atom. The molecule has 0 spiro atoms. The van der Waals surface area contributed by atoms with Gasteiger partial charge in [-0.25, -0.2) is 14.2 Å². The molecule has 0 atom stereocenters. The number of amides is 1. The second kappa shape index (κ2) is 7.44. The summed E-state index contributed by atoms with van der Waals surface area (Å²) in [5.41, 5.74) is 1.95. The molecule has 9 heteroatoms. The van der Waals surface area contributed by atoms with Gasteiger partial charge in [0.2, 0.25) is 0 Å². The van der Waals surface area contributed by atoms with Crippen LogP contribution in [-0.4, -0.2) is 28.6 Å². The normalized spacial score (nSPS) is 10.6. The minimum atomic E-state index is -0.678. The van der Waals surface area contributed by atoms with Crippen LogP contribution in [-0.2, 0) is 9.53 Å². The largest absolute Gasteiger partial charge is 0.452 e. The highest BCUT2D eigenvalue weighted by molar-refractivity contribution is 7.14. The first-order valence-corrected chi connectivity index (χ1v) is 8.43. The Bertz CT molecular complexity index is 930. The Morgan fingerprint density at radius 2 is 2.00 bits per heavy atom. The van der Waals surface area contributed by atoms with Gasteiger partial charge in [-0.1, -0.05) is 5.16 Å². The van der Waals surface area contributed by atoms with Crippen LogP contribution < -0.4 is 5.32 Å². The number of hydrogen-bond acceptors (Lipinski definition) is 7. The Labute approximate surface area is 151 Å². The Hall–Kier alpha value is -3.07. The number of carbonyl (C=O) groups excluding carboxylic acids is 2. The van der Waals surface area contributed by atoms with Gasteiger partial charge in [0.15, 0.2) is 11.7 Å². The minimum absolute atomic E-state index is 0.214. The molecule has 7 nitrogen and oxygen atoms in total. The van der Waals surface area contributed by atoms with Crippen LogP contribution in [0.5, 0.6) is 0 Å². The smallest absolute Gasteiger partial charge is 0.344 e. The molecule has 0 aliphatic rings. The number of anilines is 1. The van der Waals surface area contributed by atoms with Crippen molar-refractivity contribution in [2.24, 2.45) is 0 Å². The first-order chi connectivity index (χ1) is 12.4. The summed E-state index contributed by atoms with van der Waals surface area (Å²) in [5.74, 6) is -1.21. The molecule has 1 amide bonds. The van der Waals surface area contributed by atoms with Crippen molar-refractivity contribution in [1.29, 1.82) is 0 Å². The van der Waals surface area contributed by atoms with Crippen LogP contribution in [0.1, 0.15) is 21.8 Å². The van der Waals surface area contributed by atoms with Gasteiger partial charge >= 0.3 is 5.97 Å². The maximum atomic E-state index is 13.0. The Balaban J connectivity index is 1.57. The molecule has 0 fully saturated rings. The molecule has 134 valence electrons. The summed E-state index contributed by atoms with van der Waals surface area (Å²) >= 11 is 1.21. The number of hydrogen-bond donors (Lipinski definition) is 1. The molecular weight excluding hydrogens is 361 g/mol. The van der Waals surface area contributed by atoms with Gasteiger partial charge in [0.1, 0.15) is 17.1 Å². The number of halogens is 1. The monoisotopic (exact) mass is 375 g/mol. The van der Waals surface area contributed by atoms with E-state index in [1.165, 1.54) is 23.5 Å². The quantitative estimate of drug-likeness (QED) is 0.687. The molecule has 0 radical (unpaired) electrons. The van der Waals surface area contributed by atoms with Gasteiger partial charge in [-0.3, -0.25) is 10.1 Å². The number of benzene rings is 1. The van der Waals surface area contributed by atoms with Gasteiger partial charge in [0, 0.05) is 10.9 Å². The van der Waals surface area contributed by atoms with Crippen molar-refractivity contribution < 1.29 is 23.2 Å². The zero-order chi connectivity index (χ0) is 18.7. The standard InChI is InChI=1S/C17H14FN3O4S/c1-9-15(10(2)25-21-9)16(23)24-7-14(22)20-17-19-13(8-26-17)11-3-5-12(18)6-4-11/h3-6,8H,7H2,1-2H3,(H,19,20,22). The number of carbonyl (C=O) groups is 2. The lowest BCUT2D eigenvalue weighted by molar-refractivity contribution is -0.119. The third-order valence-electron chi connectivity index (χ3n) is 3.46. The highest BCUT2D eigenvalue weighted by Gasteiger charge is 2.20. The zero-order valence-electron chi connectivity index (χ0n) is 13.9. The molecule has 1 aromatic carbocycles. The molecule has 0 aliphatic carbocycles. The topological polar surface area (TPSA) is 94.3 Å². The Morgan fingerprint density at radius 1 is 1.27 bits per heavy atom. The number of nitrogens with one attached hydrogen (secondary N) is 1. The van der Waals surface area contributed by atoms with Gasteiger partial charge in [-0.15, -0.1) is 11.3 Å². The molecule has 3 aromatic rings. The molecule has 2 heterocycles. The fourth-order valence-corrected chi connectivity index (χ4v) is 2.95. The average Bonchev–Trinajstić information content (AvgIpc) is 3.20. The highest BCUT2D eigenvalue weighted by atomic mass is 32.1. The van der Waals surface area contributed by atoms with Crippen molar-refractivity contribution in [2.45, 2.75) is 13.8 Å². The molecule has 0 unspecified atom stereocenters. The number of aryl methyl sites for hydroxylation is 2. The third kappa shape index (κ3) is 3.94. The van der Waals surface area contributed by atoms with Crippen molar-refractivity contribution in [3.05, 3.63) is 52.5 Å². The van der Waals surface area contributed by atoms with Crippen LogP contribution in [0.3, 0.4) is 0 Å². The van der Waals surface area contributed by atoms with Crippen LogP contribution >= 0.6 is 11.3 Å². The van der Waals surface area contributed by atoms with Gasteiger partial charge in [0.25, 0.3) is 5.91 Å². The van der Waals surface area contributed by atoms with Crippen LogP contribution in [0, 0.1) is 19.7 Å². The van der Waals surface area contributed by atoms with Crippen LogP contribution in [0.4, 0.5) is 9.52 Å². The summed E-state index contributed by atoms with van der Waals surface area (Å²) in [6.45, 7) is 2.73. The lowest BCUT2D eigenvalue weighted by Crippen LogP contribution is -2.21. The summed E-state index contributed by atoms with van der Waals surface area (Å²) in [6.07, 6.45) is 0. The molecule has 0 aliphatic heterocycles. The summed E-state index contributed by atoms with van der Waals surface area (Å²) in [7, 11) is 0. The molecule has 26 heavy (non-hydrogen) atoms. The number of aromatic nitrogens is 2. The first kappa shape index (κ1) is 17.7. The van der Waals surface area contributed by atoms with Crippen molar-refractivity contribution in [3.63, 3.8) is 0 Å². The SMILES string of the molecule is Cc1noc(C)c1C(=O)OCC(=O)Nc1nc(-c2ccc(F)cc2)cs1. The lowest BCUT2D eigenvalue weighted by Gasteiger charge is -2.04. The van der Waals surface area contributed by atoms with E-state index in [0.717, 1.165) is 5.56 Å². The van der Waals surface area contributed by atoms with E-state index in [0.29, 0.717) is 22.3 Å². The molecule has 1 N–H and O–H groups in total. The average molecular weight is 375 g/mol. The molecular formula is C17H14FN3O4S. The second-order valence-corrected chi connectivity index (χ2v) is 6.23. The molecule has 0 bridgehead atoms. The number of nitrogens with zero attached hydrogens (tertiary/aromatic N) is 2. The van der Waals surface area contributed by atoms with Gasteiger partial charge in [-0.2, -0.15) is 0 Å². The van der Waals surface area contributed by atoms with Crippen molar-refractivity contribution in [2.75, 3.05) is 11.9 Å². The van der Waals surface area contributed by atoms with Crippen LogP contribution in [0.2, 0.25) is 0 Å². The van der Waals surface area contributed by atoms with Crippen molar-refractivity contribution in [1.82, 2.24) is 10.1 Å². The predicted octanol–water partition coefficient (Wildman–Crippen LogP) is 3.35. The number of ether oxygens (including phenoxy) is 1. The van der Waals surface area contributed by atoms with E-state index in [2.05, 4.69) is 15.5 Å². The molecule has 0 saturated carbocycles. The van der Waals surface area contributed by atoms with Gasteiger partial charge in [-0.05, 0) is 38.1 Å². The van der Waals surface area contributed by atoms with Crippen molar-refractivity contribution in [3.8, 4) is 11.3 Å². The third-order valence-corrected chi connectivity index (χ3v) is 4.22. The maximum absolute atomic E-state index is 13.0. The number of rotatable bonds is 5. The van der Waals surface area contributed by atoms with E-state index >= 15 is 0 Å². The lowest BCUT2D eigenvalue weighted by atomic mass is 10.2. The second-order valence-electron chi connectivity index (χ2n) is 5.37. The Kier molecular flexibility index (Phi) is 5.08. The minimum Gasteiger partial charge on any atom is -0.452 e. The van der Waals surface area contributed by atoms with Crippen LogP contribution in [0.15, 0.2) is 34.2 Å². The van der Waals surface area contributed by atoms with E-state index < -0.39 is 18.5 Å². The first-order valence-electron chi connectivity index (χ1n) is 7.55.